The molecule has 1 heterocycles. The third-order valence-electron chi connectivity index (χ3n) is 1.26. The first-order valence-electron chi connectivity index (χ1n) is 2.72. The summed E-state index contributed by atoms with van der Waals surface area (Å²) in [5.41, 5.74) is 0. The van der Waals surface area contributed by atoms with Crippen LogP contribution in [-0.2, 0) is 4.79 Å². The van der Waals surface area contributed by atoms with Crippen LogP contribution in [0.5, 0.6) is 0 Å². The predicted octanol–water partition coefficient (Wildman–Crippen LogP) is -0.669. The lowest BCUT2D eigenvalue weighted by Crippen LogP contribution is -2.40. The maximum Gasteiger partial charge on any atom is 0.163 e. The Morgan fingerprint density at radius 2 is 2.33 bits per heavy atom. The summed E-state index contributed by atoms with van der Waals surface area (Å²) in [5.74, 6) is -0.0382. The van der Waals surface area contributed by atoms with Crippen molar-refractivity contribution in [3.05, 3.63) is 0 Å². The van der Waals surface area contributed by atoms with Gasteiger partial charge in [-0.2, -0.15) is 0 Å². The smallest absolute Gasteiger partial charge is 0.163 e. The monoisotopic (exact) mass is 151 g/mol. The van der Waals surface area contributed by atoms with Crippen LogP contribution < -0.4 is 5.32 Å². The van der Waals surface area contributed by atoms with Crippen LogP contribution in [-0.4, -0.2) is 30.1 Å². The lowest BCUT2D eigenvalue weighted by atomic mass is 10.1. The number of β-amino-alcohol motifs (C(OH)–C–C–N with tert-alkyl or cyclic N) is 1. The maximum atomic E-state index is 10.5. The van der Waals surface area contributed by atoms with Gasteiger partial charge in [0.15, 0.2) is 5.78 Å². The second-order valence-electron chi connectivity index (χ2n) is 1.94. The number of aliphatic hydroxyl groups is 1. The van der Waals surface area contributed by atoms with Crippen molar-refractivity contribution in [1.29, 1.82) is 0 Å². The SMILES string of the molecule is Cl.O=C1CCNCC1O. The Kier molecular flexibility index (Phi) is 3.77. The van der Waals surface area contributed by atoms with Gasteiger partial charge in [-0.05, 0) is 0 Å². The summed E-state index contributed by atoms with van der Waals surface area (Å²) in [5, 5.41) is 11.7. The zero-order chi connectivity index (χ0) is 5.98. The van der Waals surface area contributed by atoms with Crippen LogP contribution in [0.2, 0.25) is 0 Å². The van der Waals surface area contributed by atoms with Crippen LogP contribution >= 0.6 is 12.4 Å². The molecule has 1 aliphatic rings. The predicted molar refractivity (Wildman–Crippen MR) is 35.7 cm³/mol. The van der Waals surface area contributed by atoms with Gasteiger partial charge in [0.25, 0.3) is 0 Å². The highest BCUT2D eigenvalue weighted by Gasteiger charge is 2.17. The first kappa shape index (κ1) is 8.88. The quantitative estimate of drug-likeness (QED) is 0.483. The topological polar surface area (TPSA) is 49.3 Å². The van der Waals surface area contributed by atoms with Gasteiger partial charge < -0.3 is 10.4 Å². The minimum absolute atomic E-state index is 0. The molecule has 1 atom stereocenters. The molecule has 0 radical (unpaired) electrons. The molecular weight excluding hydrogens is 142 g/mol. The van der Waals surface area contributed by atoms with Gasteiger partial charge in [0.1, 0.15) is 6.10 Å². The van der Waals surface area contributed by atoms with E-state index in [1.807, 2.05) is 0 Å². The van der Waals surface area contributed by atoms with Crippen LogP contribution in [0.25, 0.3) is 0 Å². The third kappa shape index (κ3) is 2.30. The highest BCUT2D eigenvalue weighted by atomic mass is 35.5. The van der Waals surface area contributed by atoms with Gasteiger partial charge >= 0.3 is 0 Å². The first-order valence-corrected chi connectivity index (χ1v) is 2.72. The summed E-state index contributed by atoms with van der Waals surface area (Å²) >= 11 is 0. The highest BCUT2D eigenvalue weighted by molar-refractivity contribution is 5.85. The standard InChI is InChI=1S/C5H9NO2.ClH/c7-4-1-2-6-3-5(4)8;/h5-6,8H,1-3H2;1H. The molecule has 0 bridgehead atoms. The summed E-state index contributed by atoms with van der Waals surface area (Å²) in [6.07, 6.45) is -0.273. The van der Waals surface area contributed by atoms with Gasteiger partial charge in [0.2, 0.25) is 0 Å². The molecule has 1 unspecified atom stereocenters. The van der Waals surface area contributed by atoms with E-state index in [-0.39, 0.29) is 18.2 Å². The number of rotatable bonds is 0. The number of piperidine rings is 1. The molecule has 0 aromatic heterocycles. The molecule has 4 heteroatoms. The van der Waals surface area contributed by atoms with Crippen molar-refractivity contribution >= 4 is 18.2 Å². The number of aliphatic hydroxyl groups excluding tert-OH is 1. The van der Waals surface area contributed by atoms with Crippen molar-refractivity contribution < 1.29 is 9.90 Å². The summed E-state index contributed by atoms with van der Waals surface area (Å²) < 4.78 is 0. The Bertz CT molecular complexity index is 107. The minimum atomic E-state index is -0.747. The largest absolute Gasteiger partial charge is 0.384 e. The van der Waals surface area contributed by atoms with Gasteiger partial charge in [-0.15, -0.1) is 12.4 Å². The lowest BCUT2D eigenvalue weighted by Gasteiger charge is -2.15. The number of hydrogen-bond donors (Lipinski definition) is 2. The second-order valence-corrected chi connectivity index (χ2v) is 1.94. The van der Waals surface area contributed by atoms with E-state index in [1.165, 1.54) is 0 Å². The summed E-state index contributed by atoms with van der Waals surface area (Å²) in [6.45, 7) is 1.15. The lowest BCUT2D eigenvalue weighted by molar-refractivity contribution is -0.128. The van der Waals surface area contributed by atoms with Crippen LogP contribution in [0, 0.1) is 0 Å². The van der Waals surface area contributed by atoms with Crippen molar-refractivity contribution in [1.82, 2.24) is 5.32 Å². The molecule has 2 N–H and O–H groups in total. The molecule has 9 heavy (non-hydrogen) atoms. The van der Waals surface area contributed by atoms with Gasteiger partial charge in [-0.25, -0.2) is 0 Å². The molecule has 54 valence electrons. The summed E-state index contributed by atoms with van der Waals surface area (Å²) in [4.78, 5) is 10.5. The average molecular weight is 152 g/mol. The van der Waals surface area contributed by atoms with Gasteiger partial charge in [-0.3, -0.25) is 4.79 Å². The fraction of sp³-hybridized carbons (Fsp3) is 0.800. The molecule has 3 nitrogen and oxygen atoms in total. The maximum absolute atomic E-state index is 10.5. The molecule has 0 spiro atoms. The van der Waals surface area contributed by atoms with Crippen LogP contribution in [0.15, 0.2) is 0 Å². The van der Waals surface area contributed by atoms with Gasteiger partial charge in [-0.1, -0.05) is 0 Å². The van der Waals surface area contributed by atoms with Crippen molar-refractivity contribution in [2.45, 2.75) is 12.5 Å². The molecule has 0 saturated carbocycles. The number of carbonyl (C=O) groups is 1. The van der Waals surface area contributed by atoms with Crippen molar-refractivity contribution in [2.75, 3.05) is 13.1 Å². The highest BCUT2D eigenvalue weighted by Crippen LogP contribution is 1.94. The average Bonchev–Trinajstić information content (AvgIpc) is 1.77. The Balaban J connectivity index is 0.000000640. The molecule has 0 aromatic rings. The Morgan fingerprint density at radius 3 is 2.67 bits per heavy atom. The Hall–Kier alpha value is -0.120. The number of Topliss-reactive ketones (excluding diaryl/α,β-unsaturated/α-hetero) is 1. The second kappa shape index (κ2) is 3.82. The summed E-state index contributed by atoms with van der Waals surface area (Å²) in [7, 11) is 0. The van der Waals surface area contributed by atoms with E-state index < -0.39 is 6.10 Å². The number of hydrogen-bond acceptors (Lipinski definition) is 3. The van der Waals surface area contributed by atoms with E-state index in [0.29, 0.717) is 13.0 Å². The van der Waals surface area contributed by atoms with E-state index in [9.17, 15) is 4.79 Å². The van der Waals surface area contributed by atoms with E-state index in [4.69, 9.17) is 5.11 Å². The molecule has 1 aliphatic heterocycles. The first-order chi connectivity index (χ1) is 3.80. The van der Waals surface area contributed by atoms with Crippen LogP contribution in [0.1, 0.15) is 6.42 Å². The number of carbonyl (C=O) groups excluding carboxylic acids is 1. The number of nitrogens with one attached hydrogen (secondary N) is 1. The van der Waals surface area contributed by atoms with Crippen LogP contribution in [0.4, 0.5) is 0 Å². The Morgan fingerprint density at radius 1 is 1.67 bits per heavy atom. The normalized spacial score (nSPS) is 27.2. The van der Waals surface area contributed by atoms with Crippen molar-refractivity contribution in [2.24, 2.45) is 0 Å². The molecule has 0 amide bonds. The fourth-order valence-corrected chi connectivity index (χ4v) is 0.731. The zero-order valence-electron chi connectivity index (χ0n) is 4.96. The van der Waals surface area contributed by atoms with Crippen LogP contribution in [0.3, 0.4) is 0 Å². The molecule has 1 fully saturated rings. The van der Waals surface area contributed by atoms with Gasteiger partial charge in [0.05, 0.1) is 0 Å². The third-order valence-corrected chi connectivity index (χ3v) is 1.26. The molecule has 0 aliphatic carbocycles. The molecular formula is C5H10ClNO2. The van der Waals surface area contributed by atoms with E-state index in [1.54, 1.807) is 0 Å². The van der Waals surface area contributed by atoms with E-state index in [2.05, 4.69) is 5.32 Å². The van der Waals surface area contributed by atoms with E-state index >= 15 is 0 Å². The van der Waals surface area contributed by atoms with Crippen molar-refractivity contribution in [3.63, 3.8) is 0 Å². The van der Waals surface area contributed by atoms with E-state index in [0.717, 1.165) is 6.54 Å². The number of ketones is 1. The number of halogens is 1. The van der Waals surface area contributed by atoms with Gasteiger partial charge in [0, 0.05) is 19.5 Å². The Labute approximate surface area is 59.9 Å². The molecule has 0 aromatic carbocycles. The minimum Gasteiger partial charge on any atom is -0.384 e. The fourth-order valence-electron chi connectivity index (χ4n) is 0.731. The van der Waals surface area contributed by atoms with Crippen molar-refractivity contribution in [3.8, 4) is 0 Å². The molecule has 1 saturated heterocycles. The summed E-state index contributed by atoms with van der Waals surface area (Å²) in [6, 6.07) is 0. The zero-order valence-corrected chi connectivity index (χ0v) is 5.78. The molecule has 1 rings (SSSR count).